The van der Waals surface area contributed by atoms with Gasteiger partial charge in [-0.25, -0.2) is 9.59 Å². The molecular formula is C26H30N2O6. The van der Waals surface area contributed by atoms with Crippen LogP contribution in [0.4, 0.5) is 4.79 Å². The summed E-state index contributed by atoms with van der Waals surface area (Å²) in [7, 11) is 0. The zero-order valence-electron chi connectivity index (χ0n) is 19.3. The molecule has 2 aliphatic rings. The molecule has 0 bridgehead atoms. The molecule has 1 aliphatic carbocycles. The number of carbonyl (C=O) groups excluding carboxylic acids is 2. The summed E-state index contributed by atoms with van der Waals surface area (Å²) in [6, 6.07) is 14.0. The number of carboxylic acid groups (broad SMARTS) is 1. The van der Waals surface area contributed by atoms with Crippen LogP contribution in [0.2, 0.25) is 0 Å². The van der Waals surface area contributed by atoms with E-state index in [9.17, 15) is 24.6 Å². The van der Waals surface area contributed by atoms with Gasteiger partial charge in [-0.2, -0.15) is 0 Å². The number of aliphatic hydroxyl groups is 1. The number of nitrogens with zero attached hydrogens (tertiary/aromatic N) is 1. The van der Waals surface area contributed by atoms with E-state index in [-0.39, 0.29) is 31.4 Å². The van der Waals surface area contributed by atoms with Gasteiger partial charge in [0.15, 0.2) is 0 Å². The first-order valence-electron chi connectivity index (χ1n) is 11.6. The highest BCUT2D eigenvalue weighted by atomic mass is 16.5. The summed E-state index contributed by atoms with van der Waals surface area (Å²) in [5, 5.41) is 22.0. The monoisotopic (exact) mass is 466 g/mol. The fraction of sp³-hybridized carbons (Fsp3) is 0.423. The Morgan fingerprint density at radius 2 is 1.65 bits per heavy atom. The quantitative estimate of drug-likeness (QED) is 0.578. The Labute approximate surface area is 198 Å². The maximum Gasteiger partial charge on any atom is 0.407 e. The fourth-order valence-electron chi connectivity index (χ4n) is 4.97. The lowest BCUT2D eigenvalue weighted by Gasteiger charge is -2.28. The van der Waals surface area contributed by atoms with Gasteiger partial charge in [0, 0.05) is 18.9 Å². The molecule has 0 radical (unpaired) electrons. The number of amides is 2. The first kappa shape index (κ1) is 23.8. The van der Waals surface area contributed by atoms with E-state index in [0.29, 0.717) is 6.42 Å². The number of alkyl carbamates (subject to hydrolysis) is 1. The molecule has 1 aliphatic heterocycles. The van der Waals surface area contributed by atoms with Crippen LogP contribution in [-0.4, -0.2) is 64.4 Å². The molecule has 34 heavy (non-hydrogen) atoms. The van der Waals surface area contributed by atoms with Crippen LogP contribution in [0, 0.1) is 5.92 Å². The van der Waals surface area contributed by atoms with Crippen LogP contribution >= 0.6 is 0 Å². The summed E-state index contributed by atoms with van der Waals surface area (Å²) < 4.78 is 5.57. The lowest BCUT2D eigenvalue weighted by atomic mass is 9.98. The van der Waals surface area contributed by atoms with Gasteiger partial charge < -0.3 is 25.2 Å². The summed E-state index contributed by atoms with van der Waals surface area (Å²) in [6.45, 7) is 3.86. The Hall–Kier alpha value is -3.39. The number of aliphatic hydroxyl groups excluding tert-OH is 1. The van der Waals surface area contributed by atoms with Gasteiger partial charge in [0.05, 0.1) is 6.10 Å². The number of benzene rings is 2. The molecule has 0 saturated carbocycles. The first-order valence-corrected chi connectivity index (χ1v) is 11.6. The lowest BCUT2D eigenvalue weighted by Crippen LogP contribution is -2.52. The number of hydrogen-bond acceptors (Lipinski definition) is 5. The van der Waals surface area contributed by atoms with E-state index in [1.807, 2.05) is 50.2 Å². The van der Waals surface area contributed by atoms with Gasteiger partial charge in [0.1, 0.15) is 18.7 Å². The molecule has 1 saturated heterocycles. The Bertz CT molecular complexity index is 1040. The fourth-order valence-corrected chi connectivity index (χ4v) is 4.97. The number of ether oxygens (including phenoxy) is 1. The van der Waals surface area contributed by atoms with Crippen LogP contribution in [0.5, 0.6) is 0 Å². The molecule has 1 fully saturated rings. The minimum atomic E-state index is -1.17. The molecule has 8 nitrogen and oxygen atoms in total. The summed E-state index contributed by atoms with van der Waals surface area (Å²) >= 11 is 0. The largest absolute Gasteiger partial charge is 0.480 e. The summed E-state index contributed by atoms with van der Waals surface area (Å²) in [6.07, 6.45) is -1.34. The Balaban J connectivity index is 1.45. The molecule has 8 heteroatoms. The third-order valence-electron chi connectivity index (χ3n) is 6.49. The second kappa shape index (κ2) is 9.85. The van der Waals surface area contributed by atoms with Crippen molar-refractivity contribution in [1.82, 2.24) is 10.2 Å². The van der Waals surface area contributed by atoms with Crippen LogP contribution in [0.1, 0.15) is 43.7 Å². The number of rotatable bonds is 7. The van der Waals surface area contributed by atoms with Crippen LogP contribution < -0.4 is 5.32 Å². The van der Waals surface area contributed by atoms with E-state index in [2.05, 4.69) is 17.4 Å². The third-order valence-corrected chi connectivity index (χ3v) is 6.49. The molecule has 2 aromatic carbocycles. The van der Waals surface area contributed by atoms with Gasteiger partial charge in [0.25, 0.3) is 0 Å². The second-order valence-corrected chi connectivity index (χ2v) is 9.39. The molecule has 2 amide bonds. The zero-order chi connectivity index (χ0) is 24.4. The van der Waals surface area contributed by atoms with Crippen LogP contribution in [-0.2, 0) is 14.3 Å². The maximum absolute atomic E-state index is 13.1. The van der Waals surface area contributed by atoms with Gasteiger partial charge in [-0.15, -0.1) is 0 Å². The van der Waals surface area contributed by atoms with Crippen molar-refractivity contribution >= 4 is 18.0 Å². The van der Waals surface area contributed by atoms with Crippen LogP contribution in [0.25, 0.3) is 11.1 Å². The SMILES string of the molecule is CC(C)CC(NC(=O)OCC1c2ccccc2-c2ccccc21)C(=O)N1C[C@H](O)C[C@H]1C(=O)O. The van der Waals surface area contributed by atoms with Crippen molar-refractivity contribution in [1.29, 1.82) is 0 Å². The van der Waals surface area contributed by atoms with Gasteiger partial charge in [0.2, 0.25) is 5.91 Å². The van der Waals surface area contributed by atoms with E-state index in [1.165, 1.54) is 0 Å². The molecule has 2 aromatic rings. The highest BCUT2D eigenvalue weighted by Crippen LogP contribution is 2.44. The number of hydrogen-bond donors (Lipinski definition) is 3. The number of β-amino-alcohol motifs (C(OH)–C–C–N with tert-alkyl or cyclic N) is 1. The van der Waals surface area contributed by atoms with Crippen molar-refractivity contribution in [2.24, 2.45) is 5.92 Å². The number of carbonyl (C=O) groups is 3. The van der Waals surface area contributed by atoms with Crippen LogP contribution in [0.3, 0.4) is 0 Å². The van der Waals surface area contributed by atoms with E-state index in [4.69, 9.17) is 4.74 Å². The van der Waals surface area contributed by atoms with E-state index in [1.54, 1.807) is 0 Å². The molecule has 0 spiro atoms. The Kier molecular flexibility index (Phi) is 6.88. The van der Waals surface area contributed by atoms with Crippen molar-refractivity contribution in [3.8, 4) is 11.1 Å². The number of fused-ring (bicyclic) bond motifs is 3. The second-order valence-electron chi connectivity index (χ2n) is 9.39. The number of aliphatic carboxylic acids is 1. The standard InChI is InChI=1S/C26H30N2O6/c1-15(2)11-22(24(30)28-13-16(29)12-23(28)25(31)32)27-26(33)34-14-21-19-9-5-3-7-17(19)18-8-4-6-10-20(18)21/h3-10,15-16,21-23,29H,11-14H2,1-2H3,(H,27,33)(H,31,32)/t16-,22?,23+/m1/s1. The molecular weight excluding hydrogens is 436 g/mol. The van der Waals surface area contributed by atoms with Crippen molar-refractivity contribution in [2.75, 3.05) is 13.2 Å². The van der Waals surface area contributed by atoms with Crippen LogP contribution in [0.15, 0.2) is 48.5 Å². The smallest absolute Gasteiger partial charge is 0.407 e. The minimum absolute atomic E-state index is 0.0274. The van der Waals surface area contributed by atoms with Crippen molar-refractivity contribution < 1.29 is 29.3 Å². The van der Waals surface area contributed by atoms with Gasteiger partial charge in [-0.05, 0) is 34.6 Å². The zero-order valence-corrected chi connectivity index (χ0v) is 19.3. The average molecular weight is 467 g/mol. The maximum atomic E-state index is 13.1. The van der Waals surface area contributed by atoms with Gasteiger partial charge in [-0.3, -0.25) is 4.79 Å². The first-order chi connectivity index (χ1) is 16.3. The van der Waals surface area contributed by atoms with Crippen molar-refractivity contribution in [3.63, 3.8) is 0 Å². The molecule has 180 valence electrons. The lowest BCUT2D eigenvalue weighted by molar-refractivity contribution is -0.149. The number of likely N-dealkylation sites (tertiary alicyclic amines) is 1. The predicted molar refractivity (Wildman–Crippen MR) is 125 cm³/mol. The summed E-state index contributed by atoms with van der Waals surface area (Å²) in [5.74, 6) is -1.73. The number of nitrogens with one attached hydrogen (secondary N) is 1. The van der Waals surface area contributed by atoms with Gasteiger partial charge in [-0.1, -0.05) is 62.4 Å². The van der Waals surface area contributed by atoms with E-state index < -0.39 is 36.2 Å². The molecule has 3 N–H and O–H groups in total. The molecule has 0 aromatic heterocycles. The van der Waals surface area contributed by atoms with E-state index >= 15 is 0 Å². The topological polar surface area (TPSA) is 116 Å². The number of carboxylic acids is 1. The molecule has 4 rings (SSSR count). The Morgan fingerprint density at radius 1 is 1.06 bits per heavy atom. The van der Waals surface area contributed by atoms with Crippen molar-refractivity contribution in [2.45, 2.75) is 50.8 Å². The van der Waals surface area contributed by atoms with Crippen molar-refractivity contribution in [3.05, 3.63) is 59.7 Å². The minimum Gasteiger partial charge on any atom is -0.480 e. The highest BCUT2D eigenvalue weighted by Gasteiger charge is 2.41. The average Bonchev–Trinajstić information content (AvgIpc) is 3.35. The Morgan fingerprint density at radius 3 is 2.21 bits per heavy atom. The molecule has 1 heterocycles. The van der Waals surface area contributed by atoms with Gasteiger partial charge >= 0.3 is 12.1 Å². The highest BCUT2D eigenvalue weighted by molar-refractivity contribution is 5.90. The summed E-state index contributed by atoms with van der Waals surface area (Å²) in [5.41, 5.74) is 4.41. The summed E-state index contributed by atoms with van der Waals surface area (Å²) in [4.78, 5) is 38.6. The normalized spacial score (nSPS) is 20.1. The van der Waals surface area contributed by atoms with E-state index in [0.717, 1.165) is 27.2 Å². The predicted octanol–water partition coefficient (Wildman–Crippen LogP) is 2.99. The molecule has 1 unspecified atom stereocenters. The third kappa shape index (κ3) is 4.77. The molecule has 3 atom stereocenters.